The van der Waals surface area contributed by atoms with Gasteiger partial charge in [0.15, 0.2) is 0 Å². The van der Waals surface area contributed by atoms with E-state index in [0.29, 0.717) is 12.2 Å². The molecule has 0 spiro atoms. The number of benzene rings is 2. The molecular formula is C20H18N2O2S. The number of anilines is 2. The number of ether oxygens (including phenoxy) is 1. The average molecular weight is 350 g/mol. The Morgan fingerprint density at radius 1 is 1.08 bits per heavy atom. The van der Waals surface area contributed by atoms with Gasteiger partial charge in [-0.15, -0.1) is 11.3 Å². The largest absolute Gasteiger partial charge is 0.494 e. The van der Waals surface area contributed by atoms with Crippen LogP contribution in [0.25, 0.3) is 0 Å². The van der Waals surface area contributed by atoms with Crippen LogP contribution in [-0.4, -0.2) is 12.5 Å². The molecule has 0 aliphatic carbocycles. The SMILES string of the molecule is CCOc1ccc(N2C(=O)c3ccccc3N[C@@H]2c2cccs2)cc1. The number of nitrogens with zero attached hydrogens (tertiary/aromatic N) is 1. The third-order valence-electron chi connectivity index (χ3n) is 4.17. The van der Waals surface area contributed by atoms with Crippen LogP contribution in [0.2, 0.25) is 0 Å². The molecule has 0 saturated carbocycles. The Balaban J connectivity index is 1.78. The van der Waals surface area contributed by atoms with E-state index in [1.165, 1.54) is 0 Å². The molecular weight excluding hydrogens is 332 g/mol. The topological polar surface area (TPSA) is 41.6 Å². The molecule has 25 heavy (non-hydrogen) atoms. The average Bonchev–Trinajstić information content (AvgIpc) is 3.17. The van der Waals surface area contributed by atoms with Crippen LogP contribution in [0, 0.1) is 0 Å². The molecule has 1 N–H and O–H groups in total. The summed E-state index contributed by atoms with van der Waals surface area (Å²) in [6, 6.07) is 19.3. The second-order valence-electron chi connectivity index (χ2n) is 5.71. The van der Waals surface area contributed by atoms with Crippen LogP contribution in [0.3, 0.4) is 0 Å². The van der Waals surface area contributed by atoms with Crippen LogP contribution in [0.4, 0.5) is 11.4 Å². The Bertz CT molecular complexity index is 875. The van der Waals surface area contributed by atoms with Crippen LogP contribution < -0.4 is 15.0 Å². The number of nitrogens with one attached hydrogen (secondary N) is 1. The van der Waals surface area contributed by atoms with Crippen LogP contribution in [0.5, 0.6) is 5.75 Å². The first-order valence-corrected chi connectivity index (χ1v) is 9.11. The van der Waals surface area contributed by atoms with E-state index in [0.717, 1.165) is 22.0 Å². The molecule has 0 saturated heterocycles. The Morgan fingerprint density at radius 3 is 2.60 bits per heavy atom. The molecule has 0 bridgehead atoms. The lowest BCUT2D eigenvalue weighted by molar-refractivity contribution is 0.0975. The molecule has 0 unspecified atom stereocenters. The van der Waals surface area contributed by atoms with Crippen LogP contribution in [-0.2, 0) is 0 Å². The Kier molecular flexibility index (Phi) is 4.15. The number of rotatable bonds is 4. The van der Waals surface area contributed by atoms with Crippen molar-refractivity contribution in [3.8, 4) is 5.75 Å². The number of carbonyl (C=O) groups excluding carboxylic acids is 1. The lowest BCUT2D eigenvalue weighted by Gasteiger charge is -2.37. The van der Waals surface area contributed by atoms with Crippen molar-refractivity contribution in [1.29, 1.82) is 0 Å². The third-order valence-corrected chi connectivity index (χ3v) is 5.09. The minimum atomic E-state index is -0.222. The summed E-state index contributed by atoms with van der Waals surface area (Å²) in [4.78, 5) is 16.1. The molecule has 4 nitrogen and oxygen atoms in total. The zero-order valence-electron chi connectivity index (χ0n) is 13.8. The first-order valence-electron chi connectivity index (χ1n) is 8.23. The van der Waals surface area contributed by atoms with Gasteiger partial charge in [0.1, 0.15) is 11.9 Å². The maximum atomic E-state index is 13.2. The van der Waals surface area contributed by atoms with Crippen LogP contribution >= 0.6 is 11.3 Å². The van der Waals surface area contributed by atoms with Crippen molar-refractivity contribution < 1.29 is 9.53 Å². The van der Waals surface area contributed by atoms with Gasteiger partial charge in [0.25, 0.3) is 5.91 Å². The number of carbonyl (C=O) groups is 1. The van der Waals surface area contributed by atoms with Crippen molar-refractivity contribution >= 4 is 28.6 Å². The molecule has 0 radical (unpaired) electrons. The number of para-hydroxylation sites is 1. The Hall–Kier alpha value is -2.79. The van der Waals surface area contributed by atoms with Gasteiger partial charge in [-0.1, -0.05) is 18.2 Å². The lowest BCUT2D eigenvalue weighted by Crippen LogP contribution is -2.42. The van der Waals surface area contributed by atoms with E-state index in [4.69, 9.17) is 4.74 Å². The summed E-state index contributed by atoms with van der Waals surface area (Å²) in [6.45, 7) is 2.57. The quantitative estimate of drug-likeness (QED) is 0.726. The maximum Gasteiger partial charge on any atom is 0.262 e. The summed E-state index contributed by atoms with van der Waals surface area (Å²) in [5.74, 6) is 0.800. The van der Waals surface area contributed by atoms with Crippen molar-refractivity contribution in [1.82, 2.24) is 0 Å². The fraction of sp³-hybridized carbons (Fsp3) is 0.150. The van der Waals surface area contributed by atoms with Gasteiger partial charge in [0.05, 0.1) is 12.2 Å². The molecule has 5 heteroatoms. The van der Waals surface area contributed by atoms with Gasteiger partial charge >= 0.3 is 0 Å². The molecule has 126 valence electrons. The zero-order valence-corrected chi connectivity index (χ0v) is 14.6. The summed E-state index contributed by atoms with van der Waals surface area (Å²) in [6.07, 6.45) is -0.222. The first kappa shape index (κ1) is 15.7. The number of hydrogen-bond acceptors (Lipinski definition) is 4. The summed E-state index contributed by atoms with van der Waals surface area (Å²) >= 11 is 1.63. The fourth-order valence-corrected chi connectivity index (χ4v) is 3.80. The lowest BCUT2D eigenvalue weighted by atomic mass is 10.1. The van der Waals surface area contributed by atoms with Gasteiger partial charge in [-0.2, -0.15) is 0 Å². The molecule has 4 rings (SSSR count). The summed E-state index contributed by atoms with van der Waals surface area (Å²) in [7, 11) is 0. The summed E-state index contributed by atoms with van der Waals surface area (Å²) in [5, 5.41) is 5.53. The highest BCUT2D eigenvalue weighted by atomic mass is 32.1. The molecule has 2 aromatic carbocycles. The number of fused-ring (bicyclic) bond motifs is 1. The zero-order chi connectivity index (χ0) is 17.2. The van der Waals surface area contributed by atoms with Crippen molar-refractivity contribution in [2.45, 2.75) is 13.1 Å². The van der Waals surface area contributed by atoms with Gasteiger partial charge in [-0.25, -0.2) is 0 Å². The second kappa shape index (κ2) is 6.61. The van der Waals surface area contributed by atoms with E-state index in [-0.39, 0.29) is 12.1 Å². The predicted octanol–water partition coefficient (Wildman–Crippen LogP) is 4.92. The van der Waals surface area contributed by atoms with Crippen molar-refractivity contribution in [3.63, 3.8) is 0 Å². The highest BCUT2D eigenvalue weighted by molar-refractivity contribution is 7.10. The van der Waals surface area contributed by atoms with Gasteiger partial charge in [0.2, 0.25) is 0 Å². The standard InChI is InChI=1S/C20H18N2O2S/c1-2-24-15-11-9-14(10-12-15)22-19(18-8-5-13-25-18)21-17-7-4-3-6-16(17)20(22)23/h3-13,19,21H,2H2,1H3/t19-/m0/s1. The van der Waals surface area contributed by atoms with Crippen molar-refractivity contribution in [2.75, 3.05) is 16.8 Å². The molecule has 1 atom stereocenters. The normalized spacial score (nSPS) is 16.3. The van der Waals surface area contributed by atoms with Crippen molar-refractivity contribution in [3.05, 3.63) is 76.5 Å². The molecule has 1 aliphatic heterocycles. The minimum Gasteiger partial charge on any atom is -0.494 e. The van der Waals surface area contributed by atoms with E-state index in [1.54, 1.807) is 11.3 Å². The number of amides is 1. The van der Waals surface area contributed by atoms with Crippen LogP contribution in [0.1, 0.15) is 28.3 Å². The molecule has 3 aromatic rings. The first-order chi connectivity index (χ1) is 12.3. The van der Waals surface area contributed by atoms with Gasteiger partial charge in [0, 0.05) is 16.3 Å². The van der Waals surface area contributed by atoms with Gasteiger partial charge in [-0.05, 0) is 54.8 Å². The fourth-order valence-electron chi connectivity index (χ4n) is 3.04. The summed E-state index contributed by atoms with van der Waals surface area (Å²) in [5.41, 5.74) is 2.39. The summed E-state index contributed by atoms with van der Waals surface area (Å²) < 4.78 is 5.51. The van der Waals surface area contributed by atoms with Gasteiger partial charge in [-0.3, -0.25) is 9.69 Å². The van der Waals surface area contributed by atoms with E-state index in [2.05, 4.69) is 5.32 Å². The number of hydrogen-bond donors (Lipinski definition) is 1. The highest BCUT2D eigenvalue weighted by Crippen LogP contribution is 2.38. The maximum absolute atomic E-state index is 13.2. The molecule has 1 aromatic heterocycles. The third kappa shape index (κ3) is 2.87. The van der Waals surface area contributed by atoms with E-state index >= 15 is 0 Å². The number of thiophene rings is 1. The Morgan fingerprint density at radius 2 is 1.88 bits per heavy atom. The minimum absolute atomic E-state index is 0.00286. The predicted molar refractivity (Wildman–Crippen MR) is 102 cm³/mol. The monoisotopic (exact) mass is 350 g/mol. The molecule has 1 aliphatic rings. The smallest absolute Gasteiger partial charge is 0.262 e. The van der Waals surface area contributed by atoms with Crippen molar-refractivity contribution in [2.24, 2.45) is 0 Å². The second-order valence-corrected chi connectivity index (χ2v) is 6.69. The van der Waals surface area contributed by atoms with Crippen LogP contribution in [0.15, 0.2) is 66.0 Å². The van der Waals surface area contributed by atoms with E-state index in [9.17, 15) is 4.79 Å². The molecule has 1 amide bonds. The molecule has 0 fully saturated rings. The van der Waals surface area contributed by atoms with E-state index < -0.39 is 0 Å². The molecule has 2 heterocycles. The Labute approximate surface area is 150 Å². The van der Waals surface area contributed by atoms with Gasteiger partial charge < -0.3 is 10.1 Å². The highest BCUT2D eigenvalue weighted by Gasteiger charge is 2.34. The van der Waals surface area contributed by atoms with E-state index in [1.807, 2.05) is 77.9 Å².